The van der Waals surface area contributed by atoms with Gasteiger partial charge in [0.25, 0.3) is 0 Å². The van der Waals surface area contributed by atoms with Crippen LogP contribution in [0.4, 0.5) is 10.5 Å². The van der Waals surface area contributed by atoms with E-state index < -0.39 is 0 Å². The lowest BCUT2D eigenvalue weighted by Crippen LogP contribution is -2.50. The summed E-state index contributed by atoms with van der Waals surface area (Å²) in [6, 6.07) is 3.76. The molecule has 1 atom stereocenters. The van der Waals surface area contributed by atoms with Gasteiger partial charge in [0.15, 0.2) is 0 Å². The number of nitrogens with zero attached hydrogens (tertiary/aromatic N) is 5. The third-order valence-corrected chi connectivity index (χ3v) is 4.25. The van der Waals surface area contributed by atoms with Gasteiger partial charge in [0.05, 0.1) is 17.9 Å². The number of anilines is 1. The second kappa shape index (κ2) is 6.37. The van der Waals surface area contributed by atoms with Crippen molar-refractivity contribution in [2.45, 2.75) is 13.0 Å². The number of hydrogen-bond acceptors (Lipinski definition) is 4. The number of carbonyl (C=O) groups is 1. The van der Waals surface area contributed by atoms with E-state index in [1.807, 2.05) is 41.8 Å². The molecule has 2 amide bonds. The number of aromatic nitrogens is 3. The van der Waals surface area contributed by atoms with Crippen molar-refractivity contribution in [2.75, 3.05) is 32.0 Å². The van der Waals surface area contributed by atoms with Crippen molar-refractivity contribution in [2.24, 2.45) is 7.05 Å². The Balaban J connectivity index is 1.69. The van der Waals surface area contributed by atoms with Crippen LogP contribution in [0.2, 0.25) is 0 Å². The van der Waals surface area contributed by atoms with E-state index in [4.69, 9.17) is 0 Å². The average molecular weight is 314 g/mol. The lowest BCUT2D eigenvalue weighted by atomic mass is 10.1. The van der Waals surface area contributed by atoms with E-state index in [2.05, 4.69) is 27.2 Å². The van der Waals surface area contributed by atoms with Crippen LogP contribution in [0.1, 0.15) is 17.6 Å². The van der Waals surface area contributed by atoms with E-state index in [1.54, 1.807) is 12.4 Å². The number of urea groups is 1. The average Bonchev–Trinajstić information content (AvgIpc) is 2.96. The second-order valence-electron chi connectivity index (χ2n) is 5.96. The Labute approximate surface area is 135 Å². The van der Waals surface area contributed by atoms with Gasteiger partial charge in [0.1, 0.15) is 5.82 Å². The van der Waals surface area contributed by atoms with Crippen molar-refractivity contribution in [1.82, 2.24) is 24.3 Å². The summed E-state index contributed by atoms with van der Waals surface area (Å²) in [6.45, 7) is 4.05. The highest BCUT2D eigenvalue weighted by Gasteiger charge is 2.30. The largest absolute Gasteiger partial charge is 0.337 e. The van der Waals surface area contributed by atoms with Crippen LogP contribution >= 0.6 is 0 Å². The number of carbonyl (C=O) groups excluding carboxylic acids is 1. The number of pyridine rings is 1. The molecular weight excluding hydrogens is 292 g/mol. The van der Waals surface area contributed by atoms with Crippen LogP contribution in [0.25, 0.3) is 0 Å². The fourth-order valence-corrected chi connectivity index (χ4v) is 2.78. The van der Waals surface area contributed by atoms with Crippen LogP contribution in [0.15, 0.2) is 30.7 Å². The third-order valence-electron chi connectivity index (χ3n) is 4.25. The summed E-state index contributed by atoms with van der Waals surface area (Å²) in [5, 5.41) is 2.91. The Hall–Kier alpha value is -2.41. The van der Waals surface area contributed by atoms with Gasteiger partial charge in [0.2, 0.25) is 0 Å². The summed E-state index contributed by atoms with van der Waals surface area (Å²) in [7, 11) is 4.05. The second-order valence-corrected chi connectivity index (χ2v) is 5.96. The minimum absolute atomic E-state index is 0.0945. The van der Waals surface area contributed by atoms with Crippen LogP contribution in [0.5, 0.6) is 0 Å². The minimum atomic E-state index is -0.0945. The van der Waals surface area contributed by atoms with Crippen LogP contribution in [-0.2, 0) is 7.05 Å². The SMILES string of the molecule is Cc1ccc(NC(=O)N2CCN(C)[C@H](c3nccn3C)C2)cn1. The number of rotatable bonds is 2. The maximum atomic E-state index is 12.5. The summed E-state index contributed by atoms with van der Waals surface area (Å²) in [5.41, 5.74) is 1.64. The van der Waals surface area contributed by atoms with Gasteiger partial charge in [0, 0.05) is 44.8 Å². The van der Waals surface area contributed by atoms with Gasteiger partial charge in [-0.25, -0.2) is 9.78 Å². The van der Waals surface area contributed by atoms with Crippen molar-refractivity contribution in [3.8, 4) is 0 Å². The van der Waals surface area contributed by atoms with Crippen molar-refractivity contribution in [3.63, 3.8) is 0 Å². The normalized spacial score (nSPS) is 18.9. The highest BCUT2D eigenvalue weighted by molar-refractivity contribution is 5.89. The number of hydrogen-bond donors (Lipinski definition) is 1. The molecule has 3 heterocycles. The Morgan fingerprint density at radius 1 is 1.26 bits per heavy atom. The number of aryl methyl sites for hydroxylation is 2. The third kappa shape index (κ3) is 3.34. The summed E-state index contributed by atoms with van der Waals surface area (Å²) in [5.74, 6) is 0.974. The van der Waals surface area contributed by atoms with Crippen LogP contribution in [-0.4, -0.2) is 57.0 Å². The van der Waals surface area contributed by atoms with Gasteiger partial charge in [-0.15, -0.1) is 0 Å². The first kappa shape index (κ1) is 15.5. The number of imidazole rings is 1. The van der Waals surface area contributed by atoms with Crippen molar-refractivity contribution < 1.29 is 4.79 Å². The first-order valence-corrected chi connectivity index (χ1v) is 7.70. The van der Waals surface area contributed by atoms with Crippen molar-refractivity contribution in [1.29, 1.82) is 0 Å². The molecule has 1 aliphatic rings. The van der Waals surface area contributed by atoms with Gasteiger partial charge in [-0.1, -0.05) is 0 Å². The van der Waals surface area contributed by atoms with Crippen LogP contribution in [0, 0.1) is 6.92 Å². The molecule has 0 radical (unpaired) electrons. The summed E-state index contributed by atoms with van der Waals surface area (Å²) < 4.78 is 2.01. The van der Waals surface area contributed by atoms with Crippen molar-refractivity contribution in [3.05, 3.63) is 42.2 Å². The quantitative estimate of drug-likeness (QED) is 0.915. The molecule has 1 N–H and O–H groups in total. The molecule has 0 saturated carbocycles. The molecule has 1 fully saturated rings. The van der Waals surface area contributed by atoms with Gasteiger partial charge in [-0.2, -0.15) is 0 Å². The zero-order valence-electron chi connectivity index (χ0n) is 13.7. The molecular formula is C16H22N6O. The molecule has 0 unspecified atom stereocenters. The lowest BCUT2D eigenvalue weighted by Gasteiger charge is -2.38. The summed E-state index contributed by atoms with van der Waals surface area (Å²) >= 11 is 0. The standard InChI is InChI=1S/C16H22N6O/c1-12-4-5-13(10-18-12)19-16(23)22-9-8-20(2)14(11-22)15-17-6-7-21(15)3/h4-7,10,14H,8-9,11H2,1-3H3,(H,19,23)/t14-/m0/s1. The summed E-state index contributed by atoms with van der Waals surface area (Å²) in [6.07, 6.45) is 5.40. The Morgan fingerprint density at radius 2 is 2.09 bits per heavy atom. The fraction of sp³-hybridized carbons (Fsp3) is 0.438. The smallest absolute Gasteiger partial charge is 0.321 e. The first-order valence-electron chi connectivity index (χ1n) is 7.70. The van der Waals surface area contributed by atoms with E-state index in [-0.39, 0.29) is 12.1 Å². The maximum Gasteiger partial charge on any atom is 0.321 e. The maximum absolute atomic E-state index is 12.5. The van der Waals surface area contributed by atoms with E-state index >= 15 is 0 Å². The monoisotopic (exact) mass is 314 g/mol. The molecule has 0 bridgehead atoms. The Bertz CT molecular complexity index is 680. The van der Waals surface area contributed by atoms with E-state index in [0.717, 1.165) is 18.1 Å². The molecule has 122 valence electrons. The number of piperazine rings is 1. The molecule has 0 aliphatic carbocycles. The van der Waals surface area contributed by atoms with E-state index in [1.165, 1.54) is 0 Å². The van der Waals surface area contributed by atoms with E-state index in [9.17, 15) is 4.79 Å². The first-order chi connectivity index (χ1) is 11.0. The molecule has 7 nitrogen and oxygen atoms in total. The Morgan fingerprint density at radius 3 is 2.74 bits per heavy atom. The molecule has 2 aromatic heterocycles. The van der Waals surface area contributed by atoms with E-state index in [0.29, 0.717) is 18.8 Å². The molecule has 3 rings (SSSR count). The molecule has 2 aromatic rings. The number of amides is 2. The predicted octanol–water partition coefficient (Wildman–Crippen LogP) is 1.64. The predicted molar refractivity (Wildman–Crippen MR) is 88.1 cm³/mol. The molecule has 0 aromatic carbocycles. The van der Waals surface area contributed by atoms with Gasteiger partial charge in [-0.05, 0) is 26.1 Å². The molecule has 0 spiro atoms. The fourth-order valence-electron chi connectivity index (χ4n) is 2.78. The van der Waals surface area contributed by atoms with Crippen molar-refractivity contribution >= 4 is 11.7 Å². The van der Waals surface area contributed by atoms with Gasteiger partial charge < -0.3 is 14.8 Å². The number of likely N-dealkylation sites (N-methyl/N-ethyl adjacent to an activating group) is 1. The lowest BCUT2D eigenvalue weighted by molar-refractivity contribution is 0.110. The molecule has 1 saturated heterocycles. The highest BCUT2D eigenvalue weighted by atomic mass is 16.2. The zero-order chi connectivity index (χ0) is 16.4. The van der Waals surface area contributed by atoms with Crippen LogP contribution in [0.3, 0.4) is 0 Å². The minimum Gasteiger partial charge on any atom is -0.337 e. The molecule has 23 heavy (non-hydrogen) atoms. The topological polar surface area (TPSA) is 66.3 Å². The number of nitrogens with one attached hydrogen (secondary N) is 1. The van der Waals surface area contributed by atoms with Crippen LogP contribution < -0.4 is 5.32 Å². The summed E-state index contributed by atoms with van der Waals surface area (Å²) in [4.78, 5) is 25.2. The zero-order valence-corrected chi connectivity index (χ0v) is 13.7. The van der Waals surface area contributed by atoms with Gasteiger partial charge >= 0.3 is 6.03 Å². The Kier molecular flexibility index (Phi) is 4.29. The highest BCUT2D eigenvalue weighted by Crippen LogP contribution is 2.22. The van der Waals surface area contributed by atoms with Gasteiger partial charge in [-0.3, -0.25) is 9.88 Å². The molecule has 7 heteroatoms. The molecule has 1 aliphatic heterocycles.